The number of likely N-dealkylation sites (N-methyl/N-ethyl adjacent to an activating group) is 1. The summed E-state index contributed by atoms with van der Waals surface area (Å²) < 4.78 is 33.5. The molecule has 2 aromatic rings. The van der Waals surface area contributed by atoms with Gasteiger partial charge in [-0.3, -0.25) is 4.72 Å². The first-order valence-corrected chi connectivity index (χ1v) is 9.00. The van der Waals surface area contributed by atoms with E-state index in [1.165, 1.54) is 0 Å². The number of benzene rings is 2. The topological polar surface area (TPSA) is 58.6 Å². The van der Waals surface area contributed by atoms with Gasteiger partial charge in [-0.15, -0.1) is 0 Å². The van der Waals surface area contributed by atoms with Crippen LogP contribution in [-0.2, 0) is 10.0 Å². The highest BCUT2D eigenvalue weighted by atomic mass is 35.5. The zero-order valence-electron chi connectivity index (χ0n) is 12.8. The van der Waals surface area contributed by atoms with Crippen LogP contribution in [0.3, 0.4) is 0 Å². The van der Waals surface area contributed by atoms with E-state index in [2.05, 4.69) is 9.62 Å². The summed E-state index contributed by atoms with van der Waals surface area (Å²) in [4.78, 5) is 2.26. The van der Waals surface area contributed by atoms with E-state index in [4.69, 9.17) is 16.3 Å². The van der Waals surface area contributed by atoms with E-state index in [1.54, 1.807) is 37.3 Å². The molecule has 0 saturated carbocycles. The summed E-state index contributed by atoms with van der Waals surface area (Å²) in [6.45, 7) is 3.09. The Kier molecular flexibility index (Phi) is 4.12. The van der Waals surface area contributed by atoms with Crippen molar-refractivity contribution >= 4 is 33.0 Å². The van der Waals surface area contributed by atoms with Gasteiger partial charge in [0, 0.05) is 23.8 Å². The van der Waals surface area contributed by atoms with Gasteiger partial charge < -0.3 is 9.64 Å². The molecule has 0 amide bonds. The molecule has 0 saturated heterocycles. The molecule has 0 bridgehead atoms. The highest BCUT2D eigenvalue weighted by Crippen LogP contribution is 2.35. The Morgan fingerprint density at radius 1 is 1.22 bits per heavy atom. The molecule has 122 valence electrons. The van der Waals surface area contributed by atoms with Gasteiger partial charge in [0.05, 0.1) is 17.1 Å². The van der Waals surface area contributed by atoms with Crippen molar-refractivity contribution < 1.29 is 13.2 Å². The predicted octanol–water partition coefficient (Wildman–Crippen LogP) is 3.28. The van der Waals surface area contributed by atoms with Crippen LogP contribution in [-0.4, -0.2) is 28.6 Å². The molecule has 0 radical (unpaired) electrons. The van der Waals surface area contributed by atoms with E-state index in [0.717, 1.165) is 12.2 Å². The van der Waals surface area contributed by atoms with Gasteiger partial charge in [0.25, 0.3) is 10.0 Å². The molecule has 0 unspecified atom stereocenters. The molecular formula is C16H17ClN2O3S. The van der Waals surface area contributed by atoms with Crippen LogP contribution in [0.2, 0.25) is 5.02 Å². The average molecular weight is 353 g/mol. The lowest BCUT2D eigenvalue weighted by atomic mass is 10.2. The Morgan fingerprint density at radius 2 is 1.91 bits per heavy atom. The van der Waals surface area contributed by atoms with Crippen LogP contribution in [0.25, 0.3) is 0 Å². The maximum absolute atomic E-state index is 12.7. The van der Waals surface area contributed by atoms with Crippen molar-refractivity contribution in [3.05, 3.63) is 47.0 Å². The minimum absolute atomic E-state index is 0.210. The first kappa shape index (κ1) is 16.0. The van der Waals surface area contributed by atoms with Gasteiger partial charge >= 0.3 is 0 Å². The van der Waals surface area contributed by atoms with E-state index in [1.807, 2.05) is 13.1 Å². The number of aryl methyl sites for hydroxylation is 1. The lowest BCUT2D eigenvalue weighted by Gasteiger charge is -2.28. The number of nitrogens with one attached hydrogen (secondary N) is 1. The fraction of sp³-hybridized carbons (Fsp3) is 0.250. The molecular weight excluding hydrogens is 336 g/mol. The molecule has 5 nitrogen and oxygen atoms in total. The standard InChI is InChI=1S/C16H17ClN2O3S/c1-11-9-14-15(22-8-7-19(14)2)10-16(11)23(20,21)18-13-5-3-12(17)4-6-13/h3-6,9-10,18H,7-8H2,1-2H3. The minimum atomic E-state index is -3.70. The first-order valence-electron chi connectivity index (χ1n) is 7.14. The summed E-state index contributed by atoms with van der Waals surface area (Å²) in [7, 11) is -1.74. The molecule has 23 heavy (non-hydrogen) atoms. The fourth-order valence-corrected chi connectivity index (χ4v) is 3.93. The van der Waals surface area contributed by atoms with Crippen molar-refractivity contribution in [2.24, 2.45) is 0 Å². The summed E-state index contributed by atoms with van der Waals surface area (Å²) in [5.74, 6) is 0.584. The quantitative estimate of drug-likeness (QED) is 0.921. The van der Waals surface area contributed by atoms with Crippen LogP contribution < -0.4 is 14.4 Å². The third-order valence-electron chi connectivity index (χ3n) is 3.74. The van der Waals surface area contributed by atoms with Gasteiger partial charge in [-0.2, -0.15) is 0 Å². The van der Waals surface area contributed by atoms with Crippen LogP contribution in [0.5, 0.6) is 5.75 Å². The van der Waals surface area contributed by atoms with E-state index in [0.29, 0.717) is 28.6 Å². The molecule has 1 aliphatic heterocycles. The summed E-state index contributed by atoms with van der Waals surface area (Å²) in [5, 5.41) is 0.550. The summed E-state index contributed by atoms with van der Waals surface area (Å²) in [5.41, 5.74) is 2.03. The SMILES string of the molecule is Cc1cc2c(cc1S(=O)(=O)Nc1ccc(Cl)cc1)OCCN2C. The Morgan fingerprint density at radius 3 is 2.61 bits per heavy atom. The molecule has 0 aliphatic carbocycles. The average Bonchev–Trinajstić information content (AvgIpc) is 2.50. The Hall–Kier alpha value is -1.92. The molecule has 0 spiro atoms. The van der Waals surface area contributed by atoms with Crippen LogP contribution in [0.1, 0.15) is 5.56 Å². The normalized spacial score (nSPS) is 14.1. The van der Waals surface area contributed by atoms with Crippen molar-refractivity contribution in [2.45, 2.75) is 11.8 Å². The minimum Gasteiger partial charge on any atom is -0.490 e. The maximum Gasteiger partial charge on any atom is 0.262 e. The monoisotopic (exact) mass is 352 g/mol. The number of hydrogen-bond acceptors (Lipinski definition) is 4. The zero-order chi connectivity index (χ0) is 16.6. The summed E-state index contributed by atoms with van der Waals surface area (Å²) in [6, 6.07) is 9.94. The summed E-state index contributed by atoms with van der Waals surface area (Å²) >= 11 is 5.82. The van der Waals surface area contributed by atoms with Gasteiger partial charge in [0.15, 0.2) is 0 Å². The third kappa shape index (κ3) is 3.23. The van der Waals surface area contributed by atoms with Crippen molar-refractivity contribution in [1.29, 1.82) is 0 Å². The van der Waals surface area contributed by atoms with Crippen molar-refractivity contribution in [3.8, 4) is 5.75 Å². The second-order valence-corrected chi connectivity index (χ2v) is 7.56. The fourth-order valence-electron chi connectivity index (χ4n) is 2.50. The van der Waals surface area contributed by atoms with E-state index >= 15 is 0 Å². The lowest BCUT2D eigenvalue weighted by molar-refractivity contribution is 0.310. The third-order valence-corrected chi connectivity index (χ3v) is 5.51. The molecule has 0 aromatic heterocycles. The molecule has 1 aliphatic rings. The van der Waals surface area contributed by atoms with E-state index < -0.39 is 10.0 Å². The predicted molar refractivity (Wildman–Crippen MR) is 92.2 cm³/mol. The molecule has 1 heterocycles. The van der Waals surface area contributed by atoms with Gasteiger partial charge in [-0.25, -0.2) is 8.42 Å². The Labute approximate surface area is 140 Å². The molecule has 2 aromatic carbocycles. The second kappa shape index (κ2) is 5.94. The summed E-state index contributed by atoms with van der Waals surface area (Å²) in [6.07, 6.45) is 0. The number of anilines is 2. The second-order valence-electron chi connectivity index (χ2n) is 5.47. The van der Waals surface area contributed by atoms with Gasteiger partial charge in [0.2, 0.25) is 0 Å². The van der Waals surface area contributed by atoms with Crippen LogP contribution in [0.15, 0.2) is 41.3 Å². The highest BCUT2D eigenvalue weighted by Gasteiger charge is 2.23. The number of sulfonamides is 1. The van der Waals surface area contributed by atoms with Crippen molar-refractivity contribution in [2.75, 3.05) is 29.8 Å². The largest absolute Gasteiger partial charge is 0.490 e. The first-order chi connectivity index (χ1) is 10.9. The number of halogens is 1. The van der Waals surface area contributed by atoms with E-state index in [-0.39, 0.29) is 4.90 Å². The van der Waals surface area contributed by atoms with Gasteiger partial charge in [-0.05, 0) is 42.8 Å². The number of rotatable bonds is 3. The number of nitrogens with zero attached hydrogens (tertiary/aromatic N) is 1. The maximum atomic E-state index is 12.7. The Balaban J connectivity index is 1.98. The molecule has 3 rings (SSSR count). The van der Waals surface area contributed by atoms with Crippen LogP contribution in [0.4, 0.5) is 11.4 Å². The highest BCUT2D eigenvalue weighted by molar-refractivity contribution is 7.92. The Bertz CT molecular complexity index is 835. The zero-order valence-corrected chi connectivity index (χ0v) is 14.4. The molecule has 7 heteroatoms. The van der Waals surface area contributed by atoms with Gasteiger partial charge in [-0.1, -0.05) is 11.6 Å². The van der Waals surface area contributed by atoms with Crippen molar-refractivity contribution in [1.82, 2.24) is 0 Å². The number of ether oxygens (including phenoxy) is 1. The van der Waals surface area contributed by atoms with Crippen LogP contribution >= 0.6 is 11.6 Å². The van der Waals surface area contributed by atoms with Crippen LogP contribution in [0, 0.1) is 6.92 Å². The van der Waals surface area contributed by atoms with Gasteiger partial charge in [0.1, 0.15) is 12.4 Å². The molecule has 0 fully saturated rings. The molecule has 1 N–H and O–H groups in total. The molecule has 0 atom stereocenters. The van der Waals surface area contributed by atoms with Crippen molar-refractivity contribution in [3.63, 3.8) is 0 Å². The van der Waals surface area contributed by atoms with E-state index in [9.17, 15) is 8.42 Å². The number of fused-ring (bicyclic) bond motifs is 1. The number of hydrogen-bond donors (Lipinski definition) is 1. The smallest absolute Gasteiger partial charge is 0.262 e. The lowest BCUT2D eigenvalue weighted by Crippen LogP contribution is -2.29.